The van der Waals surface area contributed by atoms with Gasteiger partial charge >= 0.3 is 21.3 Å². The lowest BCUT2D eigenvalue weighted by Gasteiger charge is -2.18. The molecule has 0 spiro atoms. The SMILES string of the molecule is CCCCCCCCCCCCOC(=O)Nc1nc(Cl)nc2c1ncn2[C@@H]1O[C@H](COP(=O)(O)CP(=O)(O)O)C(O)C1O. The van der Waals surface area contributed by atoms with Gasteiger partial charge < -0.3 is 38.9 Å². The summed E-state index contributed by atoms with van der Waals surface area (Å²) in [5, 5.41) is 23.2. The Bertz CT molecular complexity index is 1300. The van der Waals surface area contributed by atoms with Crippen LogP contribution >= 0.6 is 26.8 Å². The largest absolute Gasteiger partial charge is 0.449 e. The lowest BCUT2D eigenvalue weighted by atomic mass is 10.1. The molecule has 3 unspecified atom stereocenters. The van der Waals surface area contributed by atoms with Crippen LogP contribution in [0.2, 0.25) is 5.28 Å². The number of nitrogens with one attached hydrogen (secondary N) is 1. The molecular weight excluding hydrogens is 632 g/mol. The van der Waals surface area contributed by atoms with Gasteiger partial charge in [0.25, 0.3) is 0 Å². The van der Waals surface area contributed by atoms with Crippen molar-refractivity contribution in [1.29, 1.82) is 0 Å². The van der Waals surface area contributed by atoms with Gasteiger partial charge in [-0.1, -0.05) is 64.7 Å². The molecule has 3 heterocycles. The molecule has 0 radical (unpaired) electrons. The van der Waals surface area contributed by atoms with Crippen LogP contribution in [-0.4, -0.2) is 87.9 Å². The predicted molar refractivity (Wildman–Crippen MR) is 156 cm³/mol. The molecule has 0 bridgehead atoms. The van der Waals surface area contributed by atoms with Crippen molar-refractivity contribution in [2.75, 3.05) is 24.4 Å². The maximum Gasteiger partial charge on any atom is 0.412 e. The van der Waals surface area contributed by atoms with Crippen molar-refractivity contribution in [3.8, 4) is 0 Å². The van der Waals surface area contributed by atoms with Crippen LogP contribution in [0.4, 0.5) is 10.6 Å². The number of ether oxygens (including phenoxy) is 2. The number of aromatic nitrogens is 4. The number of aliphatic hydroxyl groups is 2. The van der Waals surface area contributed by atoms with E-state index < -0.39 is 58.3 Å². The molecule has 19 heteroatoms. The highest BCUT2D eigenvalue weighted by molar-refractivity contribution is 7.70. The molecule has 6 N–H and O–H groups in total. The summed E-state index contributed by atoms with van der Waals surface area (Å²) >= 11 is 6.06. The van der Waals surface area contributed by atoms with E-state index in [1.807, 2.05) is 0 Å². The molecule has 3 rings (SSSR count). The van der Waals surface area contributed by atoms with Crippen LogP contribution in [-0.2, 0) is 23.1 Å². The molecule has 2 aromatic heterocycles. The number of nitrogens with zero attached hydrogens (tertiary/aromatic N) is 4. The Morgan fingerprint density at radius 2 is 1.65 bits per heavy atom. The zero-order valence-electron chi connectivity index (χ0n) is 23.8. The van der Waals surface area contributed by atoms with Gasteiger partial charge in [0.2, 0.25) is 5.28 Å². The van der Waals surface area contributed by atoms with Crippen LogP contribution in [0, 0.1) is 0 Å². The number of rotatable bonds is 18. The van der Waals surface area contributed by atoms with Crippen LogP contribution in [0.5, 0.6) is 0 Å². The predicted octanol–water partition coefficient (Wildman–Crippen LogP) is 3.91. The number of halogens is 1. The summed E-state index contributed by atoms with van der Waals surface area (Å²) in [7, 11) is -9.59. The molecule has 1 amide bonds. The summed E-state index contributed by atoms with van der Waals surface area (Å²) in [5.41, 5.74) is 0.101. The Balaban J connectivity index is 1.53. The van der Waals surface area contributed by atoms with Gasteiger partial charge in [-0.05, 0) is 18.0 Å². The summed E-state index contributed by atoms with van der Waals surface area (Å²) in [6.45, 7) is 1.66. The van der Waals surface area contributed by atoms with Crippen molar-refractivity contribution in [2.24, 2.45) is 0 Å². The number of fused-ring (bicyclic) bond motifs is 1. The average Bonchev–Trinajstić information content (AvgIpc) is 3.45. The van der Waals surface area contributed by atoms with Gasteiger partial charge in [0, 0.05) is 0 Å². The molecule has 2 aromatic rings. The number of unbranched alkanes of at least 4 members (excludes halogenated alkanes) is 9. The minimum atomic E-state index is -4.86. The van der Waals surface area contributed by atoms with Gasteiger partial charge in [-0.3, -0.25) is 19.0 Å². The van der Waals surface area contributed by atoms with E-state index in [1.54, 1.807) is 0 Å². The third-order valence-electron chi connectivity index (χ3n) is 6.76. The summed E-state index contributed by atoms with van der Waals surface area (Å²) in [6, 6.07) is 0. The fourth-order valence-corrected chi connectivity index (χ4v) is 7.34. The van der Waals surface area contributed by atoms with Crippen molar-refractivity contribution in [1.82, 2.24) is 19.5 Å². The maximum atomic E-state index is 12.4. The second-order valence-electron chi connectivity index (χ2n) is 10.4. The van der Waals surface area contributed by atoms with E-state index in [9.17, 15) is 29.0 Å². The number of aliphatic hydroxyl groups excluding tert-OH is 2. The van der Waals surface area contributed by atoms with Gasteiger partial charge in [-0.25, -0.2) is 9.78 Å². The van der Waals surface area contributed by atoms with Crippen LogP contribution in [0.3, 0.4) is 0 Å². The highest BCUT2D eigenvalue weighted by Gasteiger charge is 2.45. The molecule has 0 saturated carbocycles. The van der Waals surface area contributed by atoms with Crippen molar-refractivity contribution >= 4 is 49.9 Å². The zero-order valence-corrected chi connectivity index (χ0v) is 26.4. The first-order valence-corrected chi connectivity index (χ1v) is 18.1. The molecule has 1 fully saturated rings. The minimum Gasteiger partial charge on any atom is -0.449 e. The zero-order chi connectivity index (χ0) is 31.6. The molecule has 0 aromatic carbocycles. The van der Waals surface area contributed by atoms with Crippen LogP contribution < -0.4 is 5.32 Å². The highest BCUT2D eigenvalue weighted by Crippen LogP contribution is 2.55. The Kier molecular flexibility index (Phi) is 13.8. The standard InChI is InChI=1S/C24H40ClN5O11P2/c1-2-3-4-5-6-7-8-9-10-11-12-39-24(33)28-20-17-21(29-23(25)27-20)30(14-26-17)22-19(32)18(31)16(41-22)13-40-43(37,38)15-42(34,35)36/h14,16,18-19,22,31-32H,2-13,15H2,1H3,(H,37,38)(H2,34,35,36)(H,27,28,29,33)/t16-,18?,19?,22-/m1/s1. The van der Waals surface area contributed by atoms with E-state index in [0.717, 1.165) is 19.3 Å². The van der Waals surface area contributed by atoms with Gasteiger partial charge in [0.1, 0.15) is 18.3 Å². The second-order valence-corrected chi connectivity index (χ2v) is 14.7. The fourth-order valence-electron chi connectivity index (χ4n) is 4.61. The number of carbonyl (C=O) groups excluding carboxylic acids is 1. The number of hydrogen-bond acceptors (Lipinski definition) is 11. The number of carbonyl (C=O) groups is 1. The van der Waals surface area contributed by atoms with Gasteiger partial charge in [0.05, 0.1) is 19.5 Å². The molecular formula is C24H40ClN5O11P2. The van der Waals surface area contributed by atoms with E-state index in [-0.39, 0.29) is 28.9 Å². The number of imidazole rings is 1. The molecule has 1 aliphatic rings. The Morgan fingerprint density at radius 1 is 1.02 bits per heavy atom. The van der Waals surface area contributed by atoms with E-state index in [1.165, 1.54) is 49.4 Å². The lowest BCUT2D eigenvalue weighted by Crippen LogP contribution is -2.33. The molecule has 5 atom stereocenters. The van der Waals surface area contributed by atoms with Gasteiger partial charge in [-0.15, -0.1) is 0 Å². The maximum absolute atomic E-state index is 12.4. The summed E-state index contributed by atoms with van der Waals surface area (Å²) < 4.78 is 39.8. The Labute approximate surface area is 253 Å². The highest BCUT2D eigenvalue weighted by atomic mass is 35.5. The Morgan fingerprint density at radius 3 is 2.28 bits per heavy atom. The molecule has 244 valence electrons. The molecule has 16 nitrogen and oxygen atoms in total. The van der Waals surface area contributed by atoms with Crippen molar-refractivity contribution in [2.45, 2.75) is 95.7 Å². The smallest absolute Gasteiger partial charge is 0.412 e. The van der Waals surface area contributed by atoms with E-state index in [2.05, 4.69) is 27.2 Å². The van der Waals surface area contributed by atoms with Crippen LogP contribution in [0.15, 0.2) is 6.33 Å². The first kappa shape index (κ1) is 35.8. The normalized spacial score (nSPS) is 22.1. The topological polar surface area (TPSA) is 236 Å². The summed E-state index contributed by atoms with van der Waals surface area (Å²) in [6.07, 6.45) is 5.98. The van der Waals surface area contributed by atoms with Gasteiger partial charge in [0.15, 0.2) is 29.1 Å². The van der Waals surface area contributed by atoms with Crippen molar-refractivity contribution in [3.05, 3.63) is 11.6 Å². The minimum absolute atomic E-state index is 0.0251. The fraction of sp³-hybridized carbons (Fsp3) is 0.750. The van der Waals surface area contributed by atoms with Crippen molar-refractivity contribution in [3.63, 3.8) is 0 Å². The third-order valence-corrected chi connectivity index (χ3v) is 10.4. The first-order valence-electron chi connectivity index (χ1n) is 14.2. The molecule has 43 heavy (non-hydrogen) atoms. The van der Waals surface area contributed by atoms with E-state index >= 15 is 0 Å². The van der Waals surface area contributed by atoms with Crippen LogP contribution in [0.1, 0.15) is 77.4 Å². The van der Waals surface area contributed by atoms with Gasteiger partial charge in [-0.2, -0.15) is 9.97 Å². The van der Waals surface area contributed by atoms with E-state index in [4.69, 9.17) is 35.4 Å². The Hall–Kier alpha value is -1.71. The number of anilines is 1. The number of amides is 1. The van der Waals surface area contributed by atoms with Crippen molar-refractivity contribution < 1.29 is 52.8 Å². The summed E-state index contributed by atoms with van der Waals surface area (Å²) in [5.74, 6) is -1.48. The molecule has 1 saturated heterocycles. The monoisotopic (exact) mass is 671 g/mol. The summed E-state index contributed by atoms with van der Waals surface area (Å²) in [4.78, 5) is 52.2. The van der Waals surface area contributed by atoms with E-state index in [0.29, 0.717) is 6.42 Å². The quantitative estimate of drug-likeness (QED) is 0.0749. The first-order chi connectivity index (χ1) is 20.3. The third kappa shape index (κ3) is 11.3. The lowest BCUT2D eigenvalue weighted by molar-refractivity contribution is -0.0483. The molecule has 1 aliphatic heterocycles. The second kappa shape index (κ2) is 16.6. The van der Waals surface area contributed by atoms with Crippen LogP contribution in [0.25, 0.3) is 11.2 Å². The number of hydrogen-bond donors (Lipinski definition) is 6. The molecule has 0 aliphatic carbocycles. The average molecular weight is 672 g/mol.